The SMILES string of the molecule is CCCN(CCC)C(=O)C1=CC=CC(N)C1. The Labute approximate surface area is 98.0 Å². The van der Waals surface area contributed by atoms with Crippen molar-refractivity contribution in [3.05, 3.63) is 23.8 Å². The molecule has 0 aromatic rings. The molecule has 16 heavy (non-hydrogen) atoms. The second kappa shape index (κ2) is 6.48. The van der Waals surface area contributed by atoms with E-state index in [0.717, 1.165) is 31.5 Å². The van der Waals surface area contributed by atoms with E-state index >= 15 is 0 Å². The predicted octanol–water partition coefficient (Wildman–Crippen LogP) is 1.85. The van der Waals surface area contributed by atoms with Gasteiger partial charge in [0, 0.05) is 24.7 Å². The van der Waals surface area contributed by atoms with Crippen molar-refractivity contribution in [2.45, 2.75) is 39.2 Å². The first-order valence-corrected chi connectivity index (χ1v) is 6.11. The Hall–Kier alpha value is -1.09. The number of allylic oxidation sites excluding steroid dienone is 2. The quantitative estimate of drug-likeness (QED) is 0.771. The molecule has 0 aromatic heterocycles. The zero-order valence-electron chi connectivity index (χ0n) is 10.3. The van der Waals surface area contributed by atoms with Crippen molar-refractivity contribution in [2.75, 3.05) is 13.1 Å². The summed E-state index contributed by atoms with van der Waals surface area (Å²) in [5.74, 6) is 0.156. The second-order valence-corrected chi connectivity index (χ2v) is 4.24. The van der Waals surface area contributed by atoms with Gasteiger partial charge in [-0.25, -0.2) is 0 Å². The van der Waals surface area contributed by atoms with Crippen LogP contribution in [0.2, 0.25) is 0 Å². The van der Waals surface area contributed by atoms with Crippen LogP contribution in [-0.4, -0.2) is 29.9 Å². The summed E-state index contributed by atoms with van der Waals surface area (Å²) in [5, 5.41) is 0. The molecule has 1 rings (SSSR count). The molecular formula is C13H22N2O. The maximum absolute atomic E-state index is 12.2. The zero-order valence-corrected chi connectivity index (χ0v) is 10.3. The van der Waals surface area contributed by atoms with Crippen LogP contribution >= 0.6 is 0 Å². The molecule has 1 amide bonds. The van der Waals surface area contributed by atoms with Gasteiger partial charge in [-0.05, 0) is 19.3 Å². The first kappa shape index (κ1) is 13.0. The van der Waals surface area contributed by atoms with E-state index in [9.17, 15) is 4.79 Å². The van der Waals surface area contributed by atoms with Gasteiger partial charge in [-0.1, -0.05) is 32.1 Å². The average molecular weight is 222 g/mol. The summed E-state index contributed by atoms with van der Waals surface area (Å²) in [6.45, 7) is 5.86. The normalized spacial score (nSPS) is 19.4. The van der Waals surface area contributed by atoms with E-state index < -0.39 is 0 Å². The van der Waals surface area contributed by atoms with Crippen molar-refractivity contribution in [3.63, 3.8) is 0 Å². The molecule has 0 spiro atoms. The number of hydrogen-bond acceptors (Lipinski definition) is 2. The third-order valence-electron chi connectivity index (χ3n) is 2.66. The van der Waals surface area contributed by atoms with Gasteiger partial charge in [-0.2, -0.15) is 0 Å². The van der Waals surface area contributed by atoms with E-state index in [1.54, 1.807) is 0 Å². The van der Waals surface area contributed by atoms with Crippen molar-refractivity contribution in [3.8, 4) is 0 Å². The first-order valence-electron chi connectivity index (χ1n) is 6.11. The van der Waals surface area contributed by atoms with Crippen LogP contribution in [0.25, 0.3) is 0 Å². The van der Waals surface area contributed by atoms with Crippen LogP contribution in [0.5, 0.6) is 0 Å². The molecule has 1 aliphatic rings. The Balaban J connectivity index is 2.66. The lowest BCUT2D eigenvalue weighted by molar-refractivity contribution is -0.127. The number of carbonyl (C=O) groups excluding carboxylic acids is 1. The second-order valence-electron chi connectivity index (χ2n) is 4.24. The monoisotopic (exact) mass is 222 g/mol. The summed E-state index contributed by atoms with van der Waals surface area (Å²) in [6.07, 6.45) is 8.38. The minimum absolute atomic E-state index is 0.00551. The molecule has 0 saturated heterocycles. The molecule has 3 nitrogen and oxygen atoms in total. The third kappa shape index (κ3) is 3.49. The van der Waals surface area contributed by atoms with Gasteiger partial charge >= 0.3 is 0 Å². The summed E-state index contributed by atoms with van der Waals surface area (Å²) >= 11 is 0. The molecule has 1 aliphatic carbocycles. The Morgan fingerprint density at radius 3 is 2.56 bits per heavy atom. The molecular weight excluding hydrogens is 200 g/mol. The smallest absolute Gasteiger partial charge is 0.249 e. The van der Waals surface area contributed by atoms with Crippen LogP contribution in [0, 0.1) is 0 Å². The van der Waals surface area contributed by atoms with Gasteiger partial charge in [-0.3, -0.25) is 4.79 Å². The van der Waals surface area contributed by atoms with Crippen LogP contribution in [0.1, 0.15) is 33.1 Å². The number of amides is 1. The molecule has 90 valence electrons. The Kier molecular flexibility index (Phi) is 5.26. The summed E-state index contributed by atoms with van der Waals surface area (Å²) < 4.78 is 0. The molecule has 0 bridgehead atoms. The van der Waals surface area contributed by atoms with E-state index in [2.05, 4.69) is 13.8 Å². The van der Waals surface area contributed by atoms with Gasteiger partial charge in [0.25, 0.3) is 0 Å². The molecule has 0 heterocycles. The van der Waals surface area contributed by atoms with E-state index in [4.69, 9.17) is 5.73 Å². The van der Waals surface area contributed by atoms with E-state index in [1.807, 2.05) is 23.1 Å². The summed E-state index contributed by atoms with van der Waals surface area (Å²) in [7, 11) is 0. The molecule has 0 fully saturated rings. The number of carbonyl (C=O) groups is 1. The molecule has 0 saturated carbocycles. The number of rotatable bonds is 5. The van der Waals surface area contributed by atoms with Gasteiger partial charge in [0.15, 0.2) is 0 Å². The lowest BCUT2D eigenvalue weighted by Gasteiger charge is -2.24. The van der Waals surface area contributed by atoms with Crippen molar-refractivity contribution in [1.29, 1.82) is 0 Å². The fourth-order valence-electron chi connectivity index (χ4n) is 1.92. The Morgan fingerprint density at radius 1 is 1.44 bits per heavy atom. The topological polar surface area (TPSA) is 46.3 Å². The highest BCUT2D eigenvalue weighted by Crippen LogP contribution is 2.14. The Bertz CT molecular complexity index is 288. The minimum atomic E-state index is -0.00551. The number of nitrogens with zero attached hydrogens (tertiary/aromatic N) is 1. The maximum atomic E-state index is 12.2. The van der Waals surface area contributed by atoms with E-state index in [0.29, 0.717) is 6.42 Å². The van der Waals surface area contributed by atoms with Crippen molar-refractivity contribution >= 4 is 5.91 Å². The maximum Gasteiger partial charge on any atom is 0.249 e. The minimum Gasteiger partial charge on any atom is -0.339 e. The molecule has 3 heteroatoms. The highest BCUT2D eigenvalue weighted by molar-refractivity contribution is 5.94. The van der Waals surface area contributed by atoms with Gasteiger partial charge in [0.2, 0.25) is 5.91 Å². The zero-order chi connectivity index (χ0) is 12.0. The van der Waals surface area contributed by atoms with Crippen molar-refractivity contribution in [1.82, 2.24) is 4.90 Å². The van der Waals surface area contributed by atoms with Crippen LogP contribution < -0.4 is 5.73 Å². The van der Waals surface area contributed by atoms with E-state index in [-0.39, 0.29) is 11.9 Å². The number of nitrogens with two attached hydrogens (primary N) is 1. The first-order chi connectivity index (χ1) is 7.69. The fourth-order valence-corrected chi connectivity index (χ4v) is 1.92. The van der Waals surface area contributed by atoms with E-state index in [1.165, 1.54) is 0 Å². The number of hydrogen-bond donors (Lipinski definition) is 1. The van der Waals surface area contributed by atoms with Gasteiger partial charge in [0.1, 0.15) is 0 Å². The molecule has 0 aromatic carbocycles. The van der Waals surface area contributed by atoms with Crippen LogP contribution in [-0.2, 0) is 4.79 Å². The van der Waals surface area contributed by atoms with Gasteiger partial charge < -0.3 is 10.6 Å². The summed E-state index contributed by atoms with van der Waals surface area (Å²) in [5.41, 5.74) is 6.66. The third-order valence-corrected chi connectivity index (χ3v) is 2.66. The van der Waals surface area contributed by atoms with Crippen LogP contribution in [0.4, 0.5) is 0 Å². The molecule has 0 aliphatic heterocycles. The highest BCUT2D eigenvalue weighted by atomic mass is 16.2. The van der Waals surface area contributed by atoms with Crippen molar-refractivity contribution in [2.24, 2.45) is 5.73 Å². The summed E-state index contributed by atoms with van der Waals surface area (Å²) in [6, 6.07) is -0.00551. The standard InChI is InChI=1S/C13H22N2O/c1-3-8-15(9-4-2)13(16)11-6-5-7-12(14)10-11/h5-7,12H,3-4,8-10,14H2,1-2H3. The lowest BCUT2D eigenvalue weighted by Crippen LogP contribution is -2.35. The van der Waals surface area contributed by atoms with Gasteiger partial charge in [-0.15, -0.1) is 0 Å². The molecule has 2 N–H and O–H groups in total. The predicted molar refractivity (Wildman–Crippen MR) is 67.0 cm³/mol. The largest absolute Gasteiger partial charge is 0.339 e. The molecule has 1 atom stereocenters. The van der Waals surface area contributed by atoms with Crippen LogP contribution in [0.15, 0.2) is 23.8 Å². The van der Waals surface area contributed by atoms with Gasteiger partial charge in [0.05, 0.1) is 0 Å². The highest BCUT2D eigenvalue weighted by Gasteiger charge is 2.19. The van der Waals surface area contributed by atoms with Crippen molar-refractivity contribution < 1.29 is 4.79 Å². The fraction of sp³-hybridized carbons (Fsp3) is 0.615. The summed E-state index contributed by atoms with van der Waals surface area (Å²) in [4.78, 5) is 14.1. The van der Waals surface area contributed by atoms with Crippen LogP contribution in [0.3, 0.4) is 0 Å². The molecule has 1 unspecified atom stereocenters. The lowest BCUT2D eigenvalue weighted by atomic mass is 10.00. The average Bonchev–Trinajstić information content (AvgIpc) is 2.28. The Morgan fingerprint density at radius 2 is 2.06 bits per heavy atom. The molecule has 0 radical (unpaired) electrons.